The second kappa shape index (κ2) is 5.94. The minimum atomic E-state index is 0.677. The molecule has 0 bridgehead atoms. The van der Waals surface area contributed by atoms with Crippen LogP contribution < -0.4 is 4.74 Å². The van der Waals surface area contributed by atoms with E-state index in [-0.39, 0.29) is 0 Å². The first-order valence-corrected chi connectivity index (χ1v) is 7.14. The summed E-state index contributed by atoms with van der Waals surface area (Å²) >= 11 is 6.31. The number of rotatable bonds is 3. The zero-order valence-electron chi connectivity index (χ0n) is 11.5. The van der Waals surface area contributed by atoms with E-state index in [1.807, 2.05) is 6.07 Å². The molecule has 0 spiro atoms. The maximum absolute atomic E-state index is 6.31. The Labute approximate surface area is 115 Å². The van der Waals surface area contributed by atoms with Crippen molar-refractivity contribution in [2.24, 2.45) is 5.92 Å². The number of benzene rings is 1. The van der Waals surface area contributed by atoms with Crippen molar-refractivity contribution in [3.05, 3.63) is 28.3 Å². The molecule has 0 amide bonds. The second-order valence-corrected chi connectivity index (χ2v) is 5.80. The third-order valence-corrected chi connectivity index (χ3v) is 3.54. The highest BCUT2D eigenvalue weighted by atomic mass is 35.5. The average Bonchev–Trinajstić information content (AvgIpc) is 2.50. The predicted octanol–water partition coefficient (Wildman–Crippen LogP) is 3.75. The van der Waals surface area contributed by atoms with Crippen molar-refractivity contribution < 1.29 is 4.74 Å². The lowest BCUT2D eigenvalue weighted by Crippen LogP contribution is -2.29. The predicted molar refractivity (Wildman–Crippen MR) is 76.4 cm³/mol. The van der Waals surface area contributed by atoms with E-state index in [2.05, 4.69) is 31.7 Å². The molecule has 3 heteroatoms. The van der Waals surface area contributed by atoms with Gasteiger partial charge >= 0.3 is 0 Å². The van der Waals surface area contributed by atoms with Crippen LogP contribution in [-0.2, 0) is 13.0 Å². The van der Waals surface area contributed by atoms with Crippen molar-refractivity contribution in [1.29, 1.82) is 0 Å². The highest BCUT2D eigenvalue weighted by molar-refractivity contribution is 6.32. The zero-order chi connectivity index (χ0) is 13.1. The maximum Gasteiger partial charge on any atom is 0.142 e. The lowest BCUT2D eigenvalue weighted by Gasteiger charge is -2.21. The van der Waals surface area contributed by atoms with Gasteiger partial charge in [-0.1, -0.05) is 38.4 Å². The molecule has 0 aliphatic carbocycles. The Morgan fingerprint density at radius 2 is 2.17 bits per heavy atom. The topological polar surface area (TPSA) is 12.5 Å². The largest absolute Gasteiger partial charge is 0.490 e. The van der Waals surface area contributed by atoms with E-state index in [9.17, 15) is 0 Å². The van der Waals surface area contributed by atoms with Gasteiger partial charge in [0.15, 0.2) is 0 Å². The SMILES string of the molecule is CCc1cc(Cl)c2c(c1)CN(CC(C)C)CCO2. The Balaban J connectivity index is 2.26. The summed E-state index contributed by atoms with van der Waals surface area (Å²) in [6.45, 7) is 10.4. The van der Waals surface area contributed by atoms with Crippen LogP contribution in [0.15, 0.2) is 12.1 Å². The molecule has 0 N–H and O–H groups in total. The van der Waals surface area contributed by atoms with E-state index >= 15 is 0 Å². The van der Waals surface area contributed by atoms with Gasteiger partial charge in [-0.05, 0) is 24.0 Å². The van der Waals surface area contributed by atoms with Gasteiger partial charge < -0.3 is 4.74 Å². The third-order valence-electron chi connectivity index (χ3n) is 3.26. The molecule has 1 aromatic rings. The Morgan fingerprint density at radius 1 is 1.39 bits per heavy atom. The van der Waals surface area contributed by atoms with Crippen LogP contribution in [-0.4, -0.2) is 24.6 Å². The number of ether oxygens (including phenoxy) is 1. The minimum absolute atomic E-state index is 0.677. The molecule has 1 aliphatic rings. The van der Waals surface area contributed by atoms with Crippen LogP contribution in [0.5, 0.6) is 5.75 Å². The summed E-state index contributed by atoms with van der Waals surface area (Å²) < 4.78 is 5.82. The zero-order valence-corrected chi connectivity index (χ0v) is 12.3. The molecule has 0 aromatic heterocycles. The van der Waals surface area contributed by atoms with Gasteiger partial charge in [0.05, 0.1) is 5.02 Å². The van der Waals surface area contributed by atoms with E-state index in [0.717, 1.165) is 43.4 Å². The summed E-state index contributed by atoms with van der Waals surface area (Å²) in [5.74, 6) is 1.57. The Hall–Kier alpha value is -0.730. The molecule has 1 aromatic carbocycles. The average molecular weight is 268 g/mol. The highest BCUT2D eigenvalue weighted by Crippen LogP contribution is 2.33. The number of hydrogen-bond donors (Lipinski definition) is 0. The molecule has 0 saturated heterocycles. The van der Waals surface area contributed by atoms with Crippen LogP contribution in [0.25, 0.3) is 0 Å². The minimum Gasteiger partial charge on any atom is -0.490 e. The molecule has 0 fully saturated rings. The lowest BCUT2D eigenvalue weighted by atomic mass is 10.1. The van der Waals surface area contributed by atoms with Crippen molar-refractivity contribution in [1.82, 2.24) is 4.90 Å². The second-order valence-electron chi connectivity index (χ2n) is 5.40. The first-order chi connectivity index (χ1) is 8.60. The smallest absolute Gasteiger partial charge is 0.142 e. The first kappa shape index (κ1) is 13.7. The lowest BCUT2D eigenvalue weighted by molar-refractivity contribution is 0.207. The molecule has 2 nitrogen and oxygen atoms in total. The van der Waals surface area contributed by atoms with Gasteiger partial charge in [0.2, 0.25) is 0 Å². The number of halogens is 1. The molecular weight excluding hydrogens is 246 g/mol. The quantitative estimate of drug-likeness (QED) is 0.827. The van der Waals surface area contributed by atoms with Crippen molar-refractivity contribution in [2.75, 3.05) is 19.7 Å². The number of hydrogen-bond acceptors (Lipinski definition) is 2. The van der Waals surface area contributed by atoms with Crippen molar-refractivity contribution in [3.8, 4) is 5.75 Å². The third kappa shape index (κ3) is 3.18. The van der Waals surface area contributed by atoms with Gasteiger partial charge in [0.1, 0.15) is 12.4 Å². The molecule has 100 valence electrons. The van der Waals surface area contributed by atoms with Crippen LogP contribution in [0.2, 0.25) is 5.02 Å². The monoisotopic (exact) mass is 267 g/mol. The van der Waals surface area contributed by atoms with Gasteiger partial charge in [-0.15, -0.1) is 0 Å². The molecule has 18 heavy (non-hydrogen) atoms. The fourth-order valence-electron chi connectivity index (χ4n) is 2.46. The molecule has 1 heterocycles. The summed E-state index contributed by atoms with van der Waals surface area (Å²) in [6, 6.07) is 4.26. The first-order valence-electron chi connectivity index (χ1n) is 6.76. The fraction of sp³-hybridized carbons (Fsp3) is 0.600. The number of aryl methyl sites for hydroxylation is 1. The van der Waals surface area contributed by atoms with Gasteiger partial charge in [0, 0.05) is 25.2 Å². The Kier molecular flexibility index (Phi) is 4.52. The summed E-state index contributed by atoms with van der Waals surface area (Å²) in [6.07, 6.45) is 1.01. The Morgan fingerprint density at radius 3 is 2.83 bits per heavy atom. The van der Waals surface area contributed by atoms with Crippen molar-refractivity contribution in [3.63, 3.8) is 0 Å². The van der Waals surface area contributed by atoms with Crippen LogP contribution in [0.4, 0.5) is 0 Å². The van der Waals surface area contributed by atoms with Crippen LogP contribution in [0.3, 0.4) is 0 Å². The van der Waals surface area contributed by atoms with Gasteiger partial charge in [-0.2, -0.15) is 0 Å². The van der Waals surface area contributed by atoms with Crippen LogP contribution in [0.1, 0.15) is 31.9 Å². The molecule has 0 saturated carbocycles. The van der Waals surface area contributed by atoms with Gasteiger partial charge in [0.25, 0.3) is 0 Å². The number of fused-ring (bicyclic) bond motifs is 1. The molecule has 0 atom stereocenters. The molecule has 0 radical (unpaired) electrons. The highest BCUT2D eigenvalue weighted by Gasteiger charge is 2.18. The van der Waals surface area contributed by atoms with Crippen LogP contribution in [0, 0.1) is 5.92 Å². The molecular formula is C15H22ClNO. The van der Waals surface area contributed by atoms with E-state index in [1.165, 1.54) is 11.1 Å². The maximum atomic E-state index is 6.31. The van der Waals surface area contributed by atoms with E-state index in [1.54, 1.807) is 0 Å². The molecule has 1 aliphatic heterocycles. The van der Waals surface area contributed by atoms with Gasteiger partial charge in [-0.25, -0.2) is 0 Å². The van der Waals surface area contributed by atoms with E-state index in [0.29, 0.717) is 5.92 Å². The molecule has 2 rings (SSSR count). The van der Waals surface area contributed by atoms with Gasteiger partial charge in [-0.3, -0.25) is 4.90 Å². The summed E-state index contributed by atoms with van der Waals surface area (Å²) in [7, 11) is 0. The molecule has 0 unspecified atom stereocenters. The van der Waals surface area contributed by atoms with Crippen molar-refractivity contribution in [2.45, 2.75) is 33.7 Å². The van der Waals surface area contributed by atoms with Crippen molar-refractivity contribution >= 4 is 11.6 Å². The summed E-state index contributed by atoms with van der Waals surface area (Å²) in [4.78, 5) is 2.45. The standard InChI is InChI=1S/C15H22ClNO/c1-4-12-7-13-10-17(9-11(2)3)5-6-18-15(13)14(16)8-12/h7-8,11H,4-6,9-10H2,1-3H3. The van der Waals surface area contributed by atoms with E-state index < -0.39 is 0 Å². The normalized spacial score (nSPS) is 16.3. The number of nitrogens with zero attached hydrogens (tertiary/aromatic N) is 1. The van der Waals surface area contributed by atoms with E-state index in [4.69, 9.17) is 16.3 Å². The summed E-state index contributed by atoms with van der Waals surface area (Å²) in [5, 5.41) is 0.760. The summed E-state index contributed by atoms with van der Waals surface area (Å²) in [5.41, 5.74) is 2.52. The Bertz CT molecular complexity index is 417. The fourth-order valence-corrected chi connectivity index (χ4v) is 2.78. The van der Waals surface area contributed by atoms with Crippen LogP contribution >= 0.6 is 11.6 Å².